The van der Waals surface area contributed by atoms with E-state index in [1.165, 1.54) is 29.8 Å². The average Bonchev–Trinajstić information content (AvgIpc) is 3.52. The second-order valence-corrected chi connectivity index (χ2v) is 11.5. The van der Waals surface area contributed by atoms with Crippen molar-refractivity contribution in [2.24, 2.45) is 0 Å². The molecular weight excluding hydrogens is 532 g/mol. The number of hydrogen-bond donors (Lipinski definition) is 1. The molecule has 3 aromatic rings. The summed E-state index contributed by atoms with van der Waals surface area (Å²) in [5, 5.41) is 0. The molecule has 2 saturated heterocycles. The highest BCUT2D eigenvalue weighted by Gasteiger charge is 2.36. The van der Waals surface area contributed by atoms with E-state index in [2.05, 4.69) is 4.98 Å². The number of alkyl halides is 1. The van der Waals surface area contributed by atoms with Gasteiger partial charge in [0.1, 0.15) is 35.2 Å². The summed E-state index contributed by atoms with van der Waals surface area (Å²) in [6.07, 6.45) is 3.19. The van der Waals surface area contributed by atoms with Gasteiger partial charge in [0.25, 0.3) is 5.91 Å². The Hall–Kier alpha value is -3.29. The summed E-state index contributed by atoms with van der Waals surface area (Å²) >= 11 is 0. The van der Waals surface area contributed by atoms with E-state index in [1.54, 1.807) is 36.2 Å². The van der Waals surface area contributed by atoms with E-state index in [9.17, 15) is 22.0 Å². The monoisotopic (exact) mass is 563 g/mol. The minimum Gasteiger partial charge on any atom is -0.490 e. The summed E-state index contributed by atoms with van der Waals surface area (Å²) in [5.74, 6) is -0.797. The summed E-state index contributed by atoms with van der Waals surface area (Å²) in [6.45, 7) is 3.05. The number of hydrogen-bond acceptors (Lipinski definition) is 7. The molecule has 2 aromatic heterocycles. The molecule has 1 N–H and O–H groups in total. The van der Waals surface area contributed by atoms with Gasteiger partial charge in [0, 0.05) is 51.2 Å². The molecule has 1 aromatic carbocycles. The smallest absolute Gasteiger partial charge is 0.303 e. The zero-order chi connectivity index (χ0) is 27.7. The topological polar surface area (TPSA) is 105 Å². The first-order chi connectivity index (χ1) is 18.7. The molecule has 0 bridgehead atoms. The van der Waals surface area contributed by atoms with Crippen LogP contribution in [0.2, 0.25) is 0 Å². The fourth-order valence-corrected chi connectivity index (χ4v) is 5.78. The van der Waals surface area contributed by atoms with Crippen LogP contribution in [0.15, 0.2) is 42.7 Å². The second kappa shape index (κ2) is 11.1. The maximum atomic E-state index is 14.9. The lowest BCUT2D eigenvalue weighted by molar-refractivity contribution is 0.0250. The van der Waals surface area contributed by atoms with Gasteiger partial charge in [0.2, 0.25) is 0 Å². The molecule has 0 aliphatic carbocycles. The van der Waals surface area contributed by atoms with Crippen LogP contribution in [0, 0.1) is 5.82 Å². The van der Waals surface area contributed by atoms with Crippen LogP contribution in [0.5, 0.6) is 5.75 Å². The van der Waals surface area contributed by atoms with Crippen molar-refractivity contribution in [3.8, 4) is 5.75 Å². The van der Waals surface area contributed by atoms with Crippen molar-refractivity contribution in [3.63, 3.8) is 0 Å². The summed E-state index contributed by atoms with van der Waals surface area (Å²) in [7, 11) is -2.67. The predicted molar refractivity (Wildman–Crippen MR) is 140 cm³/mol. The molecule has 13 heteroatoms. The van der Waals surface area contributed by atoms with Gasteiger partial charge in [-0.2, -0.15) is 12.7 Å². The van der Waals surface area contributed by atoms with Crippen LogP contribution in [0.25, 0.3) is 5.65 Å². The maximum absolute atomic E-state index is 14.9. The molecule has 10 nitrogen and oxygen atoms in total. The normalized spacial score (nSPS) is 20.6. The number of benzene rings is 1. The van der Waals surface area contributed by atoms with Crippen LogP contribution < -0.4 is 14.4 Å². The van der Waals surface area contributed by atoms with Gasteiger partial charge in [0.05, 0.1) is 31.1 Å². The Balaban J connectivity index is 1.47. The number of nitrogens with zero attached hydrogens (tertiary/aromatic N) is 4. The van der Waals surface area contributed by atoms with E-state index < -0.39 is 34.1 Å². The molecule has 2 fully saturated rings. The van der Waals surface area contributed by atoms with Gasteiger partial charge >= 0.3 is 10.2 Å². The number of fused-ring (bicyclic) bond motifs is 1. The molecule has 2 aliphatic rings. The number of anilines is 1. The van der Waals surface area contributed by atoms with Gasteiger partial charge in [-0.15, -0.1) is 0 Å². The number of aromatic nitrogens is 2. The molecule has 39 heavy (non-hydrogen) atoms. The summed E-state index contributed by atoms with van der Waals surface area (Å²) < 4.78 is 70.2. The number of carbonyl (C=O) groups excluding carboxylic acids is 1. The first kappa shape index (κ1) is 27.3. The third kappa shape index (κ3) is 5.70. The van der Waals surface area contributed by atoms with Crippen LogP contribution in [-0.2, 0) is 14.9 Å². The Kier molecular flexibility index (Phi) is 7.74. The van der Waals surface area contributed by atoms with Gasteiger partial charge in [-0.05, 0) is 30.3 Å². The first-order valence-corrected chi connectivity index (χ1v) is 14.3. The molecule has 2 aliphatic heterocycles. The van der Waals surface area contributed by atoms with Crippen molar-refractivity contribution in [3.05, 3.63) is 59.8 Å². The zero-order valence-corrected chi connectivity index (χ0v) is 22.5. The standard InChI is InChI=1S/C26H31F2N5O5S/c1-3-31(2)39(35,36)30-26(34)23-14-29-25-7-5-19(16-33(23)25)32-15-18(28)13-22(32)21-12-17(27)4-6-24(21)38-20-8-10-37-11-9-20/h4-7,12,14,16,18,20,22H,3,8-11,13,15H2,1-2H3,(H,30,34)/t18-,22?/m0/s1. The predicted octanol–water partition coefficient (Wildman–Crippen LogP) is 3.25. The first-order valence-electron chi connectivity index (χ1n) is 12.9. The van der Waals surface area contributed by atoms with E-state index in [1.807, 2.05) is 4.72 Å². The summed E-state index contributed by atoms with van der Waals surface area (Å²) in [6, 6.07) is 7.17. The minimum absolute atomic E-state index is 0.00164. The third-order valence-corrected chi connectivity index (χ3v) is 8.70. The number of halogens is 2. The Labute approximate surface area is 225 Å². The molecule has 2 atom stereocenters. The number of nitrogens with one attached hydrogen (secondary N) is 1. The molecule has 0 spiro atoms. The third-order valence-electron chi connectivity index (χ3n) is 7.17. The van der Waals surface area contributed by atoms with Crippen LogP contribution in [-0.4, -0.2) is 73.6 Å². The fourth-order valence-electron chi connectivity index (χ4n) is 4.95. The maximum Gasteiger partial charge on any atom is 0.303 e. The highest BCUT2D eigenvalue weighted by molar-refractivity contribution is 7.87. The number of pyridine rings is 1. The van der Waals surface area contributed by atoms with Crippen LogP contribution in [0.1, 0.15) is 48.3 Å². The van der Waals surface area contributed by atoms with Gasteiger partial charge in [0.15, 0.2) is 0 Å². The van der Waals surface area contributed by atoms with Crippen molar-refractivity contribution in [2.45, 2.75) is 44.5 Å². The van der Waals surface area contributed by atoms with Gasteiger partial charge in [-0.25, -0.2) is 18.5 Å². The van der Waals surface area contributed by atoms with Crippen LogP contribution in [0.3, 0.4) is 0 Å². The fraction of sp³-hybridized carbons (Fsp3) is 0.462. The van der Waals surface area contributed by atoms with Crippen molar-refractivity contribution >= 4 is 27.5 Å². The average molecular weight is 564 g/mol. The van der Waals surface area contributed by atoms with Crippen LogP contribution >= 0.6 is 0 Å². The van der Waals surface area contributed by atoms with Gasteiger partial charge < -0.3 is 14.4 Å². The SMILES string of the molecule is CCN(C)S(=O)(=O)NC(=O)c1cnc2ccc(N3C[C@@H](F)CC3c3cc(F)ccc3OC3CCOCC3)cn12. The molecule has 1 amide bonds. The molecular formula is C26H31F2N5O5S. The molecule has 4 heterocycles. The Morgan fingerprint density at radius 2 is 2.03 bits per heavy atom. The van der Waals surface area contributed by atoms with Crippen molar-refractivity contribution in [2.75, 3.05) is 38.3 Å². The van der Waals surface area contributed by atoms with E-state index in [-0.39, 0.29) is 31.3 Å². The van der Waals surface area contributed by atoms with Crippen molar-refractivity contribution in [1.29, 1.82) is 0 Å². The second-order valence-electron chi connectivity index (χ2n) is 9.72. The van der Waals surface area contributed by atoms with Crippen molar-refractivity contribution < 1.29 is 31.5 Å². The minimum atomic E-state index is -4.03. The highest BCUT2D eigenvalue weighted by Crippen LogP contribution is 2.42. The van der Waals surface area contributed by atoms with E-state index >= 15 is 0 Å². The lowest BCUT2D eigenvalue weighted by atomic mass is 10.0. The van der Waals surface area contributed by atoms with E-state index in [4.69, 9.17) is 9.47 Å². The van der Waals surface area contributed by atoms with Gasteiger partial charge in [-0.1, -0.05) is 6.92 Å². The number of imidazole rings is 1. The number of rotatable bonds is 8. The zero-order valence-electron chi connectivity index (χ0n) is 21.7. The lowest BCUT2D eigenvalue weighted by Crippen LogP contribution is -2.41. The Morgan fingerprint density at radius 1 is 1.26 bits per heavy atom. The van der Waals surface area contributed by atoms with Gasteiger partial charge in [-0.3, -0.25) is 9.20 Å². The highest BCUT2D eigenvalue weighted by atomic mass is 32.2. The molecule has 0 saturated carbocycles. The Bertz CT molecular complexity index is 1460. The lowest BCUT2D eigenvalue weighted by Gasteiger charge is -2.30. The molecule has 5 rings (SSSR count). The molecule has 1 unspecified atom stereocenters. The summed E-state index contributed by atoms with van der Waals surface area (Å²) in [4.78, 5) is 18.9. The molecule has 210 valence electrons. The van der Waals surface area contributed by atoms with Crippen LogP contribution in [0.4, 0.5) is 14.5 Å². The largest absolute Gasteiger partial charge is 0.490 e. The Morgan fingerprint density at radius 3 is 2.77 bits per heavy atom. The van der Waals surface area contributed by atoms with Crippen molar-refractivity contribution in [1.82, 2.24) is 18.4 Å². The summed E-state index contributed by atoms with van der Waals surface area (Å²) in [5.41, 5.74) is 1.52. The van der Waals surface area contributed by atoms with E-state index in [0.717, 1.165) is 4.31 Å². The number of amides is 1. The van der Waals surface area contributed by atoms with E-state index in [0.29, 0.717) is 48.7 Å². The number of ether oxygens (including phenoxy) is 2. The number of carbonyl (C=O) groups is 1. The quantitative estimate of drug-likeness (QED) is 0.449. The molecule has 0 radical (unpaired) electrons.